The molecule has 6 nitrogen and oxygen atoms in total. The summed E-state index contributed by atoms with van der Waals surface area (Å²) < 4.78 is 4.98. The third kappa shape index (κ3) is 3.51. The quantitative estimate of drug-likeness (QED) is 0.598. The standard InChI is InChI=1S/C9H15N3O3S/c1-16-3-2-11-8(14)7-5-15-9(12-7)6(10)4-13/h5-6,13H,2-4,10H2,1H3,(H,11,14). The molecule has 1 aromatic heterocycles. The van der Waals surface area contributed by atoms with Crippen LogP contribution in [-0.4, -0.2) is 41.2 Å². The molecule has 1 rings (SSSR count). The summed E-state index contributed by atoms with van der Waals surface area (Å²) >= 11 is 1.64. The Morgan fingerprint density at radius 1 is 1.81 bits per heavy atom. The molecule has 0 aliphatic heterocycles. The molecule has 0 saturated heterocycles. The van der Waals surface area contributed by atoms with Crippen molar-refractivity contribution in [2.24, 2.45) is 5.73 Å². The third-order valence-corrected chi connectivity index (χ3v) is 2.47. The first-order valence-electron chi connectivity index (χ1n) is 4.78. The number of aliphatic hydroxyl groups excluding tert-OH is 1. The van der Waals surface area contributed by atoms with E-state index in [0.29, 0.717) is 6.54 Å². The molecule has 4 N–H and O–H groups in total. The normalized spacial score (nSPS) is 12.4. The summed E-state index contributed by atoms with van der Waals surface area (Å²) in [6.07, 6.45) is 3.19. The molecule has 1 unspecified atom stereocenters. The second-order valence-electron chi connectivity index (χ2n) is 3.11. The predicted molar refractivity (Wildman–Crippen MR) is 61.2 cm³/mol. The Bertz CT molecular complexity index is 342. The van der Waals surface area contributed by atoms with E-state index >= 15 is 0 Å². The van der Waals surface area contributed by atoms with E-state index in [4.69, 9.17) is 15.3 Å². The van der Waals surface area contributed by atoms with Gasteiger partial charge in [0, 0.05) is 12.3 Å². The van der Waals surface area contributed by atoms with Crippen LogP contribution < -0.4 is 11.1 Å². The fraction of sp³-hybridized carbons (Fsp3) is 0.556. The summed E-state index contributed by atoms with van der Waals surface area (Å²) in [5, 5.41) is 11.5. The van der Waals surface area contributed by atoms with Crippen LogP contribution in [-0.2, 0) is 0 Å². The minimum atomic E-state index is -0.687. The minimum Gasteiger partial charge on any atom is -0.446 e. The number of nitrogens with one attached hydrogen (secondary N) is 1. The van der Waals surface area contributed by atoms with Crippen molar-refractivity contribution in [3.05, 3.63) is 17.8 Å². The van der Waals surface area contributed by atoms with E-state index in [1.807, 2.05) is 6.26 Å². The van der Waals surface area contributed by atoms with Crippen LogP contribution in [0.25, 0.3) is 0 Å². The van der Waals surface area contributed by atoms with Gasteiger partial charge in [-0.3, -0.25) is 4.79 Å². The van der Waals surface area contributed by atoms with Crippen LogP contribution in [0.5, 0.6) is 0 Å². The summed E-state index contributed by atoms with van der Waals surface area (Å²) in [5.74, 6) is 0.707. The fourth-order valence-corrected chi connectivity index (χ4v) is 1.30. The topological polar surface area (TPSA) is 101 Å². The molecule has 0 saturated carbocycles. The zero-order valence-electron chi connectivity index (χ0n) is 8.97. The number of oxazole rings is 1. The molecule has 0 bridgehead atoms. The number of carbonyl (C=O) groups excluding carboxylic acids is 1. The molecule has 1 aromatic rings. The number of nitrogens with zero attached hydrogens (tertiary/aromatic N) is 1. The Morgan fingerprint density at radius 3 is 3.19 bits per heavy atom. The Balaban J connectivity index is 2.53. The molecule has 16 heavy (non-hydrogen) atoms. The highest BCUT2D eigenvalue weighted by atomic mass is 32.2. The first-order valence-corrected chi connectivity index (χ1v) is 6.17. The van der Waals surface area contributed by atoms with E-state index in [1.165, 1.54) is 6.26 Å². The van der Waals surface area contributed by atoms with Crippen molar-refractivity contribution in [2.75, 3.05) is 25.2 Å². The third-order valence-electron chi connectivity index (χ3n) is 1.86. The highest BCUT2D eigenvalue weighted by Crippen LogP contribution is 2.09. The van der Waals surface area contributed by atoms with Gasteiger partial charge in [-0.25, -0.2) is 4.98 Å². The maximum absolute atomic E-state index is 11.5. The second kappa shape index (κ2) is 6.51. The summed E-state index contributed by atoms with van der Waals surface area (Å²) in [7, 11) is 0. The van der Waals surface area contributed by atoms with Crippen LogP contribution in [0.15, 0.2) is 10.7 Å². The largest absolute Gasteiger partial charge is 0.446 e. The summed E-state index contributed by atoms with van der Waals surface area (Å²) in [4.78, 5) is 15.4. The average Bonchev–Trinajstić information content (AvgIpc) is 2.77. The van der Waals surface area contributed by atoms with Crippen LogP contribution in [0.3, 0.4) is 0 Å². The number of carbonyl (C=O) groups is 1. The Morgan fingerprint density at radius 2 is 2.56 bits per heavy atom. The molecule has 1 heterocycles. The van der Waals surface area contributed by atoms with Gasteiger partial charge >= 0.3 is 0 Å². The molecule has 1 atom stereocenters. The van der Waals surface area contributed by atoms with Crippen molar-refractivity contribution in [1.82, 2.24) is 10.3 Å². The first-order chi connectivity index (χ1) is 7.69. The monoisotopic (exact) mass is 245 g/mol. The van der Waals surface area contributed by atoms with Crippen molar-refractivity contribution >= 4 is 17.7 Å². The van der Waals surface area contributed by atoms with Crippen molar-refractivity contribution in [2.45, 2.75) is 6.04 Å². The van der Waals surface area contributed by atoms with Gasteiger partial charge in [-0.1, -0.05) is 0 Å². The molecule has 0 aliphatic carbocycles. The molecule has 90 valence electrons. The number of aliphatic hydroxyl groups is 1. The number of aromatic nitrogens is 1. The predicted octanol–water partition coefficient (Wildman–Crippen LogP) is -0.240. The fourth-order valence-electron chi connectivity index (χ4n) is 0.997. The Labute approximate surface area is 97.6 Å². The van der Waals surface area contributed by atoms with E-state index in [9.17, 15) is 4.79 Å². The van der Waals surface area contributed by atoms with Crippen LogP contribution in [0, 0.1) is 0 Å². The highest BCUT2D eigenvalue weighted by Gasteiger charge is 2.15. The zero-order valence-corrected chi connectivity index (χ0v) is 9.79. The van der Waals surface area contributed by atoms with Gasteiger partial charge < -0.3 is 20.6 Å². The first kappa shape index (κ1) is 13.0. The maximum atomic E-state index is 11.5. The number of amides is 1. The second-order valence-corrected chi connectivity index (χ2v) is 4.09. The summed E-state index contributed by atoms with van der Waals surface area (Å²) in [6, 6.07) is -0.687. The molecular weight excluding hydrogens is 230 g/mol. The summed E-state index contributed by atoms with van der Waals surface area (Å²) in [5.41, 5.74) is 5.67. The lowest BCUT2D eigenvalue weighted by Crippen LogP contribution is -2.26. The van der Waals surface area contributed by atoms with Crippen LogP contribution in [0.4, 0.5) is 0 Å². The zero-order chi connectivity index (χ0) is 12.0. The molecular formula is C9H15N3O3S. The molecule has 0 aliphatic rings. The van der Waals surface area contributed by atoms with Crippen molar-refractivity contribution in [3.63, 3.8) is 0 Å². The van der Waals surface area contributed by atoms with Gasteiger partial charge in [-0.15, -0.1) is 0 Å². The van der Waals surface area contributed by atoms with E-state index in [1.54, 1.807) is 11.8 Å². The highest BCUT2D eigenvalue weighted by molar-refractivity contribution is 7.98. The lowest BCUT2D eigenvalue weighted by Gasteiger charge is -2.01. The van der Waals surface area contributed by atoms with E-state index in [0.717, 1.165) is 5.75 Å². The van der Waals surface area contributed by atoms with Crippen molar-refractivity contribution in [1.29, 1.82) is 0 Å². The Hall–Kier alpha value is -1.05. The molecule has 0 fully saturated rings. The number of nitrogens with two attached hydrogens (primary N) is 1. The molecule has 0 spiro atoms. The maximum Gasteiger partial charge on any atom is 0.273 e. The SMILES string of the molecule is CSCCNC(=O)c1coc(C(N)CO)n1. The number of thioether (sulfide) groups is 1. The lowest BCUT2D eigenvalue weighted by molar-refractivity contribution is 0.0951. The van der Waals surface area contributed by atoms with Gasteiger partial charge in [0.15, 0.2) is 5.69 Å². The number of hydrogen-bond acceptors (Lipinski definition) is 6. The van der Waals surface area contributed by atoms with Crippen LogP contribution in [0.2, 0.25) is 0 Å². The van der Waals surface area contributed by atoms with Crippen LogP contribution >= 0.6 is 11.8 Å². The summed E-state index contributed by atoms with van der Waals surface area (Å²) in [6.45, 7) is 0.308. The van der Waals surface area contributed by atoms with Gasteiger partial charge in [0.05, 0.1) is 6.61 Å². The molecule has 1 amide bonds. The van der Waals surface area contributed by atoms with E-state index in [-0.39, 0.29) is 24.1 Å². The van der Waals surface area contributed by atoms with Gasteiger partial charge in [0.25, 0.3) is 5.91 Å². The average molecular weight is 245 g/mol. The smallest absolute Gasteiger partial charge is 0.273 e. The van der Waals surface area contributed by atoms with Gasteiger partial charge in [-0.05, 0) is 6.26 Å². The van der Waals surface area contributed by atoms with Gasteiger partial charge in [0.1, 0.15) is 12.3 Å². The van der Waals surface area contributed by atoms with Gasteiger partial charge in [0.2, 0.25) is 5.89 Å². The number of hydrogen-bond donors (Lipinski definition) is 3. The van der Waals surface area contributed by atoms with Crippen molar-refractivity contribution in [3.8, 4) is 0 Å². The minimum absolute atomic E-state index is 0.164. The lowest BCUT2D eigenvalue weighted by atomic mass is 10.3. The molecule has 0 radical (unpaired) electrons. The van der Waals surface area contributed by atoms with E-state index in [2.05, 4.69) is 10.3 Å². The molecule has 7 heteroatoms. The molecule has 0 aromatic carbocycles. The van der Waals surface area contributed by atoms with Gasteiger partial charge in [-0.2, -0.15) is 11.8 Å². The van der Waals surface area contributed by atoms with Crippen molar-refractivity contribution < 1.29 is 14.3 Å². The Kier molecular flexibility index (Phi) is 5.30. The van der Waals surface area contributed by atoms with Crippen LogP contribution in [0.1, 0.15) is 22.4 Å². The van der Waals surface area contributed by atoms with E-state index < -0.39 is 6.04 Å². The number of rotatable bonds is 6.